The van der Waals surface area contributed by atoms with Crippen LogP contribution in [0.3, 0.4) is 0 Å². The molecule has 1 N–H and O–H groups in total. The smallest absolute Gasteiger partial charge is 0.137 e. The van der Waals surface area contributed by atoms with Gasteiger partial charge < -0.3 is 14.6 Å². The van der Waals surface area contributed by atoms with Gasteiger partial charge in [0.1, 0.15) is 11.5 Å². The lowest BCUT2D eigenvalue weighted by molar-refractivity contribution is 0.281. The molecule has 0 fully saturated rings. The SMILES string of the molecule is COc1cncc(-c2ccc(CO)cc2OC)c1. The Morgan fingerprint density at radius 3 is 2.61 bits per heavy atom. The molecule has 0 atom stereocenters. The number of pyridine rings is 1. The van der Waals surface area contributed by atoms with Crippen molar-refractivity contribution >= 4 is 0 Å². The number of rotatable bonds is 4. The Morgan fingerprint density at radius 2 is 1.94 bits per heavy atom. The van der Waals surface area contributed by atoms with Crippen molar-refractivity contribution in [2.45, 2.75) is 6.61 Å². The third-order valence-corrected chi connectivity index (χ3v) is 2.71. The van der Waals surface area contributed by atoms with Crippen LogP contribution in [0, 0.1) is 0 Å². The minimum absolute atomic E-state index is 0.00694. The lowest BCUT2D eigenvalue weighted by Gasteiger charge is -2.10. The summed E-state index contributed by atoms with van der Waals surface area (Å²) in [5, 5.41) is 9.11. The first-order chi connectivity index (χ1) is 8.78. The molecule has 0 radical (unpaired) electrons. The molecule has 18 heavy (non-hydrogen) atoms. The molecule has 1 heterocycles. The minimum Gasteiger partial charge on any atom is -0.496 e. The fourth-order valence-corrected chi connectivity index (χ4v) is 1.75. The maximum absolute atomic E-state index is 9.11. The Balaban J connectivity index is 2.48. The predicted octanol–water partition coefficient (Wildman–Crippen LogP) is 2.26. The molecule has 0 aliphatic rings. The van der Waals surface area contributed by atoms with Gasteiger partial charge in [0.05, 0.1) is 27.0 Å². The summed E-state index contributed by atoms with van der Waals surface area (Å²) in [6.07, 6.45) is 3.40. The Bertz CT molecular complexity index is 540. The summed E-state index contributed by atoms with van der Waals surface area (Å²) in [4.78, 5) is 4.12. The largest absolute Gasteiger partial charge is 0.496 e. The van der Waals surface area contributed by atoms with Crippen molar-refractivity contribution < 1.29 is 14.6 Å². The summed E-state index contributed by atoms with van der Waals surface area (Å²) >= 11 is 0. The first-order valence-corrected chi connectivity index (χ1v) is 5.55. The maximum Gasteiger partial charge on any atom is 0.137 e. The summed E-state index contributed by atoms with van der Waals surface area (Å²) < 4.78 is 10.5. The lowest BCUT2D eigenvalue weighted by atomic mass is 10.0. The average Bonchev–Trinajstić information content (AvgIpc) is 2.46. The molecule has 4 heteroatoms. The molecule has 2 rings (SSSR count). The number of benzene rings is 1. The molecule has 0 unspecified atom stereocenters. The van der Waals surface area contributed by atoms with Crippen molar-refractivity contribution in [1.29, 1.82) is 0 Å². The van der Waals surface area contributed by atoms with Crippen LogP contribution in [0.15, 0.2) is 36.7 Å². The van der Waals surface area contributed by atoms with Gasteiger partial charge in [0.2, 0.25) is 0 Å². The highest BCUT2D eigenvalue weighted by molar-refractivity contribution is 5.71. The van der Waals surface area contributed by atoms with Gasteiger partial charge in [-0.3, -0.25) is 4.98 Å². The number of hydrogen-bond acceptors (Lipinski definition) is 4. The van der Waals surface area contributed by atoms with E-state index in [2.05, 4.69) is 4.98 Å². The molecule has 0 spiro atoms. The third kappa shape index (κ3) is 2.43. The number of aromatic nitrogens is 1. The van der Waals surface area contributed by atoms with E-state index in [1.807, 2.05) is 24.3 Å². The van der Waals surface area contributed by atoms with E-state index in [0.29, 0.717) is 11.5 Å². The van der Waals surface area contributed by atoms with Gasteiger partial charge in [0, 0.05) is 17.3 Å². The highest BCUT2D eigenvalue weighted by atomic mass is 16.5. The molecule has 0 aliphatic carbocycles. The van der Waals surface area contributed by atoms with Crippen LogP contribution in [0.4, 0.5) is 0 Å². The van der Waals surface area contributed by atoms with Crippen LogP contribution in [-0.2, 0) is 6.61 Å². The standard InChI is InChI=1S/C14H15NO3/c1-17-12-6-11(7-15-8-12)13-4-3-10(9-16)5-14(13)18-2/h3-8,16H,9H2,1-2H3. The van der Waals surface area contributed by atoms with Gasteiger partial charge in [-0.15, -0.1) is 0 Å². The van der Waals surface area contributed by atoms with E-state index < -0.39 is 0 Å². The number of hydrogen-bond donors (Lipinski definition) is 1. The fourth-order valence-electron chi connectivity index (χ4n) is 1.75. The Labute approximate surface area is 106 Å². The van der Waals surface area contributed by atoms with Crippen molar-refractivity contribution in [3.05, 3.63) is 42.2 Å². The zero-order chi connectivity index (χ0) is 13.0. The Hall–Kier alpha value is -2.07. The summed E-state index contributed by atoms with van der Waals surface area (Å²) in [7, 11) is 3.21. The summed E-state index contributed by atoms with van der Waals surface area (Å²) in [5.74, 6) is 1.40. The zero-order valence-electron chi connectivity index (χ0n) is 10.4. The molecule has 0 aliphatic heterocycles. The minimum atomic E-state index is -0.00694. The first kappa shape index (κ1) is 12.4. The van der Waals surface area contributed by atoms with Crippen LogP contribution in [0.25, 0.3) is 11.1 Å². The van der Waals surface area contributed by atoms with E-state index in [9.17, 15) is 0 Å². The molecule has 0 amide bonds. The third-order valence-electron chi connectivity index (χ3n) is 2.71. The van der Waals surface area contributed by atoms with E-state index in [1.54, 1.807) is 26.6 Å². The van der Waals surface area contributed by atoms with Gasteiger partial charge in [-0.2, -0.15) is 0 Å². The number of nitrogens with zero attached hydrogens (tertiary/aromatic N) is 1. The lowest BCUT2D eigenvalue weighted by Crippen LogP contribution is -1.92. The van der Waals surface area contributed by atoms with Gasteiger partial charge in [0.15, 0.2) is 0 Å². The van der Waals surface area contributed by atoms with E-state index in [1.165, 1.54) is 0 Å². The van der Waals surface area contributed by atoms with Crippen molar-refractivity contribution in [3.8, 4) is 22.6 Å². The highest BCUT2D eigenvalue weighted by Crippen LogP contribution is 2.32. The summed E-state index contributed by atoms with van der Waals surface area (Å²) in [6, 6.07) is 7.47. The van der Waals surface area contributed by atoms with Crippen molar-refractivity contribution in [1.82, 2.24) is 4.98 Å². The molecule has 94 valence electrons. The summed E-state index contributed by atoms with van der Waals surface area (Å²) in [5.41, 5.74) is 2.64. The van der Waals surface area contributed by atoms with E-state index in [4.69, 9.17) is 14.6 Å². The number of ether oxygens (including phenoxy) is 2. The van der Waals surface area contributed by atoms with E-state index in [-0.39, 0.29) is 6.61 Å². The molecular formula is C14H15NO3. The van der Waals surface area contributed by atoms with Gasteiger partial charge in [-0.1, -0.05) is 12.1 Å². The highest BCUT2D eigenvalue weighted by Gasteiger charge is 2.08. The van der Waals surface area contributed by atoms with Gasteiger partial charge in [-0.25, -0.2) is 0 Å². The summed E-state index contributed by atoms with van der Waals surface area (Å²) in [6.45, 7) is -0.00694. The second-order valence-corrected chi connectivity index (χ2v) is 3.81. The molecule has 1 aromatic carbocycles. The van der Waals surface area contributed by atoms with Crippen molar-refractivity contribution in [2.24, 2.45) is 0 Å². The first-order valence-electron chi connectivity index (χ1n) is 5.55. The number of aliphatic hydroxyl groups is 1. The predicted molar refractivity (Wildman–Crippen MR) is 68.7 cm³/mol. The van der Waals surface area contributed by atoms with Crippen LogP contribution in [0.2, 0.25) is 0 Å². The molecule has 4 nitrogen and oxygen atoms in total. The maximum atomic E-state index is 9.11. The molecule has 0 bridgehead atoms. The second kappa shape index (κ2) is 5.51. The van der Waals surface area contributed by atoms with Crippen LogP contribution in [-0.4, -0.2) is 24.3 Å². The van der Waals surface area contributed by atoms with Crippen LogP contribution < -0.4 is 9.47 Å². The quantitative estimate of drug-likeness (QED) is 0.897. The van der Waals surface area contributed by atoms with Gasteiger partial charge in [0.25, 0.3) is 0 Å². The molecule has 0 saturated carbocycles. The number of aliphatic hydroxyl groups excluding tert-OH is 1. The van der Waals surface area contributed by atoms with Crippen LogP contribution in [0.1, 0.15) is 5.56 Å². The van der Waals surface area contributed by atoms with Crippen LogP contribution >= 0.6 is 0 Å². The van der Waals surface area contributed by atoms with Gasteiger partial charge >= 0.3 is 0 Å². The molecule has 1 aromatic heterocycles. The monoisotopic (exact) mass is 245 g/mol. The Kier molecular flexibility index (Phi) is 3.79. The Morgan fingerprint density at radius 1 is 1.11 bits per heavy atom. The van der Waals surface area contributed by atoms with E-state index in [0.717, 1.165) is 16.7 Å². The molecule has 0 saturated heterocycles. The van der Waals surface area contributed by atoms with E-state index >= 15 is 0 Å². The molecular weight excluding hydrogens is 230 g/mol. The number of methoxy groups -OCH3 is 2. The molecule has 2 aromatic rings. The van der Waals surface area contributed by atoms with Crippen LogP contribution in [0.5, 0.6) is 11.5 Å². The fraction of sp³-hybridized carbons (Fsp3) is 0.214. The average molecular weight is 245 g/mol. The second-order valence-electron chi connectivity index (χ2n) is 3.81. The van der Waals surface area contributed by atoms with Crippen molar-refractivity contribution in [3.63, 3.8) is 0 Å². The van der Waals surface area contributed by atoms with Gasteiger partial charge in [-0.05, 0) is 17.7 Å². The van der Waals surface area contributed by atoms with Crippen molar-refractivity contribution in [2.75, 3.05) is 14.2 Å². The normalized spacial score (nSPS) is 10.2. The zero-order valence-corrected chi connectivity index (χ0v) is 10.4. The topological polar surface area (TPSA) is 51.6 Å².